The number of rotatable bonds is 4. The number of hydrogen-bond donors (Lipinski definition) is 2. The van der Waals surface area contributed by atoms with Crippen LogP contribution in [0, 0.1) is 6.92 Å². The largest absolute Gasteiger partial charge is 0.394 e. The number of nitrogens with zero attached hydrogens (tertiary/aromatic N) is 4. The van der Waals surface area contributed by atoms with Crippen molar-refractivity contribution in [3.05, 3.63) is 17.9 Å². The second-order valence-electron chi connectivity index (χ2n) is 4.09. The van der Waals surface area contributed by atoms with E-state index in [-0.39, 0.29) is 6.04 Å². The number of nitrogen functional groups attached to an aromatic ring is 1. The second-order valence-corrected chi connectivity index (χ2v) is 4.09. The van der Waals surface area contributed by atoms with Gasteiger partial charge in [-0.3, -0.25) is 0 Å². The minimum atomic E-state index is 0.235. The molecule has 3 N–H and O–H groups in total. The Kier molecular flexibility index (Phi) is 2.99. The standard InChI is InChI=1S/C10H16N6O/c1-6(2)16-10(9(11)7(3)14-16)12-4-8-13-5-17-15-8/h5-6,12H,4,11H2,1-3H3. The summed E-state index contributed by atoms with van der Waals surface area (Å²) in [6.07, 6.45) is 1.30. The lowest BCUT2D eigenvalue weighted by atomic mass is 10.3. The Hall–Kier alpha value is -2.05. The van der Waals surface area contributed by atoms with Crippen molar-refractivity contribution in [3.8, 4) is 0 Å². The Balaban J connectivity index is 2.19. The van der Waals surface area contributed by atoms with Crippen LogP contribution in [0.3, 0.4) is 0 Å². The molecule has 0 aliphatic carbocycles. The van der Waals surface area contributed by atoms with E-state index >= 15 is 0 Å². The molecule has 2 rings (SSSR count). The molecular weight excluding hydrogens is 220 g/mol. The molecule has 2 aromatic heterocycles. The van der Waals surface area contributed by atoms with Crippen LogP contribution < -0.4 is 11.1 Å². The molecular formula is C10H16N6O. The molecule has 0 atom stereocenters. The molecule has 0 fully saturated rings. The van der Waals surface area contributed by atoms with Gasteiger partial charge in [0.25, 0.3) is 0 Å². The molecule has 0 saturated carbocycles. The third-order valence-corrected chi connectivity index (χ3v) is 2.44. The van der Waals surface area contributed by atoms with Crippen molar-refractivity contribution in [1.82, 2.24) is 19.9 Å². The van der Waals surface area contributed by atoms with Crippen LogP contribution in [0.4, 0.5) is 11.5 Å². The predicted molar refractivity (Wildman–Crippen MR) is 63.4 cm³/mol. The molecule has 0 aliphatic heterocycles. The van der Waals surface area contributed by atoms with Crippen LogP contribution >= 0.6 is 0 Å². The number of hydrogen-bond acceptors (Lipinski definition) is 6. The summed E-state index contributed by atoms with van der Waals surface area (Å²) in [4.78, 5) is 3.93. The highest BCUT2D eigenvalue weighted by atomic mass is 16.5. The van der Waals surface area contributed by atoms with Crippen molar-refractivity contribution in [2.24, 2.45) is 0 Å². The number of nitrogens with one attached hydrogen (secondary N) is 1. The Morgan fingerprint density at radius 2 is 2.29 bits per heavy atom. The van der Waals surface area contributed by atoms with E-state index in [1.165, 1.54) is 6.39 Å². The smallest absolute Gasteiger partial charge is 0.213 e. The number of nitrogens with two attached hydrogens (primary N) is 1. The first-order valence-electron chi connectivity index (χ1n) is 5.43. The zero-order valence-electron chi connectivity index (χ0n) is 10.1. The van der Waals surface area contributed by atoms with Crippen molar-refractivity contribution in [3.63, 3.8) is 0 Å². The van der Waals surface area contributed by atoms with Crippen LogP contribution in [0.5, 0.6) is 0 Å². The van der Waals surface area contributed by atoms with Gasteiger partial charge < -0.3 is 15.6 Å². The maximum Gasteiger partial charge on any atom is 0.213 e. The topological polar surface area (TPSA) is 94.8 Å². The molecule has 92 valence electrons. The summed E-state index contributed by atoms with van der Waals surface area (Å²) in [7, 11) is 0. The molecule has 0 unspecified atom stereocenters. The van der Waals surface area contributed by atoms with Crippen LogP contribution in [0.15, 0.2) is 10.9 Å². The van der Waals surface area contributed by atoms with Crippen LogP contribution in [-0.4, -0.2) is 19.9 Å². The van der Waals surface area contributed by atoms with Gasteiger partial charge in [0.2, 0.25) is 6.39 Å². The van der Waals surface area contributed by atoms with Gasteiger partial charge in [0.05, 0.1) is 17.9 Å². The SMILES string of the molecule is Cc1nn(C(C)C)c(NCc2ncon2)c1N. The Morgan fingerprint density at radius 3 is 2.88 bits per heavy atom. The van der Waals surface area contributed by atoms with E-state index in [9.17, 15) is 0 Å². The zero-order valence-corrected chi connectivity index (χ0v) is 10.1. The maximum atomic E-state index is 5.97. The van der Waals surface area contributed by atoms with Gasteiger partial charge in [-0.25, -0.2) is 4.68 Å². The summed E-state index contributed by atoms with van der Waals surface area (Å²) >= 11 is 0. The molecule has 0 radical (unpaired) electrons. The molecule has 2 heterocycles. The summed E-state index contributed by atoms with van der Waals surface area (Å²) in [5.41, 5.74) is 7.44. The van der Waals surface area contributed by atoms with E-state index in [1.54, 1.807) is 0 Å². The zero-order chi connectivity index (χ0) is 12.4. The van der Waals surface area contributed by atoms with Crippen molar-refractivity contribution >= 4 is 11.5 Å². The summed E-state index contributed by atoms with van der Waals surface area (Å²) in [5, 5.41) is 11.3. The van der Waals surface area contributed by atoms with Gasteiger partial charge in [0.1, 0.15) is 5.82 Å². The Bertz CT molecular complexity index is 487. The van der Waals surface area contributed by atoms with E-state index in [2.05, 4.69) is 25.1 Å². The summed E-state index contributed by atoms with van der Waals surface area (Å²) in [6, 6.07) is 0.235. The van der Waals surface area contributed by atoms with E-state index in [0.29, 0.717) is 18.1 Å². The van der Waals surface area contributed by atoms with Crippen molar-refractivity contribution in [1.29, 1.82) is 0 Å². The van der Waals surface area contributed by atoms with Crippen LogP contribution in [0.1, 0.15) is 31.4 Å². The molecule has 7 heteroatoms. The monoisotopic (exact) mass is 236 g/mol. The first-order chi connectivity index (χ1) is 8.09. The molecule has 0 bridgehead atoms. The van der Waals surface area contributed by atoms with Gasteiger partial charge >= 0.3 is 0 Å². The second kappa shape index (κ2) is 4.44. The van der Waals surface area contributed by atoms with E-state index < -0.39 is 0 Å². The highest BCUT2D eigenvalue weighted by molar-refractivity contribution is 5.64. The molecule has 2 aromatic rings. The van der Waals surface area contributed by atoms with E-state index in [0.717, 1.165) is 11.5 Å². The normalized spacial score (nSPS) is 11.1. The van der Waals surface area contributed by atoms with Gasteiger partial charge in [0, 0.05) is 6.04 Å². The van der Waals surface area contributed by atoms with Crippen molar-refractivity contribution in [2.45, 2.75) is 33.4 Å². The fourth-order valence-corrected chi connectivity index (χ4v) is 1.54. The molecule has 0 aromatic carbocycles. The van der Waals surface area contributed by atoms with Crippen LogP contribution in [0.25, 0.3) is 0 Å². The fourth-order valence-electron chi connectivity index (χ4n) is 1.54. The van der Waals surface area contributed by atoms with Crippen LogP contribution in [0.2, 0.25) is 0 Å². The highest BCUT2D eigenvalue weighted by Crippen LogP contribution is 2.25. The van der Waals surface area contributed by atoms with E-state index in [4.69, 9.17) is 5.73 Å². The van der Waals surface area contributed by atoms with Gasteiger partial charge in [0.15, 0.2) is 5.82 Å². The molecule has 0 saturated heterocycles. The average molecular weight is 236 g/mol. The predicted octanol–water partition coefficient (Wildman–Crippen LogP) is 1.35. The average Bonchev–Trinajstić information content (AvgIpc) is 2.87. The van der Waals surface area contributed by atoms with Gasteiger partial charge in [-0.1, -0.05) is 5.16 Å². The van der Waals surface area contributed by atoms with Crippen LogP contribution in [-0.2, 0) is 6.54 Å². The fraction of sp³-hybridized carbons (Fsp3) is 0.500. The first kappa shape index (κ1) is 11.4. The van der Waals surface area contributed by atoms with Crippen molar-refractivity contribution < 1.29 is 4.52 Å². The molecule has 0 spiro atoms. The number of aromatic nitrogens is 4. The molecule has 0 aliphatic rings. The highest BCUT2D eigenvalue weighted by Gasteiger charge is 2.14. The van der Waals surface area contributed by atoms with Crippen molar-refractivity contribution in [2.75, 3.05) is 11.1 Å². The Morgan fingerprint density at radius 1 is 1.53 bits per heavy atom. The van der Waals surface area contributed by atoms with Gasteiger partial charge in [-0.2, -0.15) is 10.1 Å². The van der Waals surface area contributed by atoms with Gasteiger partial charge in [-0.15, -0.1) is 0 Å². The van der Waals surface area contributed by atoms with E-state index in [1.807, 2.05) is 25.5 Å². The summed E-state index contributed by atoms with van der Waals surface area (Å²) in [6.45, 7) is 6.43. The molecule has 0 amide bonds. The minimum absolute atomic E-state index is 0.235. The quantitative estimate of drug-likeness (QED) is 0.832. The summed E-state index contributed by atoms with van der Waals surface area (Å²) < 4.78 is 6.51. The Labute approximate surface area is 99.0 Å². The lowest BCUT2D eigenvalue weighted by molar-refractivity contribution is 0.410. The minimum Gasteiger partial charge on any atom is -0.394 e. The summed E-state index contributed by atoms with van der Waals surface area (Å²) in [5.74, 6) is 1.38. The number of anilines is 2. The molecule has 7 nitrogen and oxygen atoms in total. The first-order valence-corrected chi connectivity index (χ1v) is 5.43. The third-order valence-electron chi connectivity index (χ3n) is 2.44. The molecule has 17 heavy (non-hydrogen) atoms. The van der Waals surface area contributed by atoms with Gasteiger partial charge in [-0.05, 0) is 20.8 Å². The third kappa shape index (κ3) is 2.22. The maximum absolute atomic E-state index is 5.97. The number of aryl methyl sites for hydroxylation is 1. The lowest BCUT2D eigenvalue weighted by Gasteiger charge is -2.12. The lowest BCUT2D eigenvalue weighted by Crippen LogP contribution is -2.11.